The van der Waals surface area contributed by atoms with Crippen LogP contribution in [0.1, 0.15) is 55.8 Å². The van der Waals surface area contributed by atoms with Crippen molar-refractivity contribution in [3.05, 3.63) is 64.2 Å². The largest absolute Gasteiger partial charge is 0.481 e. The number of ether oxygens (including phenoxy) is 1. The van der Waals surface area contributed by atoms with Crippen molar-refractivity contribution in [3.8, 4) is 5.75 Å². The number of carbonyl (C=O) groups excluding carboxylic acids is 1. The number of aryl methyl sites for hydroxylation is 2. The van der Waals surface area contributed by atoms with Gasteiger partial charge in [-0.1, -0.05) is 36.7 Å². The number of benzene rings is 2. The lowest BCUT2D eigenvalue weighted by Gasteiger charge is -2.23. The molecule has 3 rings (SSSR count). The van der Waals surface area contributed by atoms with Gasteiger partial charge in [-0.3, -0.25) is 4.79 Å². The Hall–Kier alpha value is -2.00. The second-order valence-corrected chi connectivity index (χ2v) is 7.36. The standard InChI is InChI=1S/C22H26ClNO2/c1-3-21(18-9-8-16-6-4-5-7-17(16)14-18)24-22(25)15(2)26-20-12-10-19(23)11-13-20/h8-15,21H,3-7H2,1-2H3,(H,24,25)/t15-,21+/m0/s1. The molecule has 4 heteroatoms. The highest BCUT2D eigenvalue weighted by Gasteiger charge is 2.20. The lowest BCUT2D eigenvalue weighted by atomic mass is 9.89. The molecule has 0 aliphatic heterocycles. The molecule has 3 nitrogen and oxygen atoms in total. The third-order valence-electron chi connectivity index (χ3n) is 5.00. The van der Waals surface area contributed by atoms with E-state index in [0.717, 1.165) is 12.8 Å². The van der Waals surface area contributed by atoms with Crippen molar-refractivity contribution in [1.29, 1.82) is 0 Å². The Morgan fingerprint density at radius 1 is 1.12 bits per heavy atom. The molecular formula is C22H26ClNO2. The number of nitrogens with one attached hydrogen (secondary N) is 1. The lowest BCUT2D eigenvalue weighted by molar-refractivity contribution is -0.128. The van der Waals surface area contributed by atoms with E-state index >= 15 is 0 Å². The van der Waals surface area contributed by atoms with Gasteiger partial charge in [0, 0.05) is 5.02 Å². The van der Waals surface area contributed by atoms with Crippen LogP contribution >= 0.6 is 11.6 Å². The van der Waals surface area contributed by atoms with Crippen molar-refractivity contribution in [2.75, 3.05) is 0 Å². The van der Waals surface area contributed by atoms with E-state index in [9.17, 15) is 4.79 Å². The molecule has 1 amide bonds. The fraction of sp³-hybridized carbons (Fsp3) is 0.409. The normalized spacial score (nSPS) is 15.7. The first-order valence-corrected chi connectivity index (χ1v) is 9.79. The minimum absolute atomic E-state index is 0.00555. The van der Waals surface area contributed by atoms with Crippen molar-refractivity contribution in [2.24, 2.45) is 0 Å². The summed E-state index contributed by atoms with van der Waals surface area (Å²) in [6.07, 6.45) is 5.13. The molecule has 1 N–H and O–H groups in total. The molecule has 1 aliphatic rings. The second kappa shape index (κ2) is 8.59. The van der Waals surface area contributed by atoms with E-state index in [-0.39, 0.29) is 11.9 Å². The number of carbonyl (C=O) groups is 1. The van der Waals surface area contributed by atoms with E-state index in [1.807, 2.05) is 0 Å². The molecule has 2 aromatic rings. The third kappa shape index (κ3) is 4.59. The summed E-state index contributed by atoms with van der Waals surface area (Å²) in [5.41, 5.74) is 4.08. The van der Waals surface area contributed by atoms with Gasteiger partial charge in [-0.15, -0.1) is 0 Å². The first kappa shape index (κ1) is 18.8. The van der Waals surface area contributed by atoms with Gasteiger partial charge in [-0.2, -0.15) is 0 Å². The van der Waals surface area contributed by atoms with Gasteiger partial charge in [-0.25, -0.2) is 0 Å². The zero-order valence-electron chi connectivity index (χ0n) is 15.4. The van der Waals surface area contributed by atoms with Crippen LogP contribution < -0.4 is 10.1 Å². The van der Waals surface area contributed by atoms with Gasteiger partial charge < -0.3 is 10.1 Å². The lowest BCUT2D eigenvalue weighted by Crippen LogP contribution is -2.38. The maximum absolute atomic E-state index is 12.6. The van der Waals surface area contributed by atoms with Crippen molar-refractivity contribution in [2.45, 2.75) is 58.1 Å². The molecule has 138 valence electrons. The first-order valence-electron chi connectivity index (χ1n) is 9.41. The molecule has 0 fully saturated rings. The second-order valence-electron chi connectivity index (χ2n) is 6.92. The predicted octanol–water partition coefficient (Wildman–Crippen LogP) is 5.25. The summed E-state index contributed by atoms with van der Waals surface area (Å²) in [6, 6.07) is 13.7. The van der Waals surface area contributed by atoms with Crippen LogP contribution in [-0.2, 0) is 17.6 Å². The molecule has 0 saturated carbocycles. The Morgan fingerprint density at radius 2 is 1.81 bits per heavy atom. The molecule has 0 radical (unpaired) electrons. The Bertz CT molecular complexity index is 757. The first-order chi connectivity index (χ1) is 12.6. The molecule has 0 spiro atoms. The third-order valence-corrected chi connectivity index (χ3v) is 5.25. The zero-order chi connectivity index (χ0) is 18.5. The van der Waals surface area contributed by atoms with E-state index in [2.05, 4.69) is 30.4 Å². The maximum Gasteiger partial charge on any atom is 0.261 e. The van der Waals surface area contributed by atoms with Gasteiger partial charge in [0.15, 0.2) is 6.10 Å². The summed E-state index contributed by atoms with van der Waals surface area (Å²) in [5.74, 6) is 0.531. The smallest absolute Gasteiger partial charge is 0.261 e. The zero-order valence-corrected chi connectivity index (χ0v) is 16.2. The van der Waals surface area contributed by atoms with Crippen LogP contribution in [0.25, 0.3) is 0 Å². The van der Waals surface area contributed by atoms with Crippen LogP contribution in [0.2, 0.25) is 5.02 Å². The molecule has 0 unspecified atom stereocenters. The minimum Gasteiger partial charge on any atom is -0.481 e. The number of rotatable bonds is 6. The number of halogens is 1. The van der Waals surface area contributed by atoms with Gasteiger partial charge in [0.25, 0.3) is 5.91 Å². The average Bonchev–Trinajstić information content (AvgIpc) is 2.67. The molecule has 1 aliphatic carbocycles. The molecule has 26 heavy (non-hydrogen) atoms. The average molecular weight is 372 g/mol. The molecule has 0 saturated heterocycles. The summed E-state index contributed by atoms with van der Waals surface area (Å²) in [4.78, 5) is 12.6. The summed E-state index contributed by atoms with van der Waals surface area (Å²) in [5, 5.41) is 3.78. The Balaban J connectivity index is 1.65. The van der Waals surface area contributed by atoms with Crippen LogP contribution in [0.4, 0.5) is 0 Å². The summed E-state index contributed by atoms with van der Waals surface area (Å²) < 4.78 is 5.73. The van der Waals surface area contributed by atoms with Gasteiger partial charge in [0.2, 0.25) is 0 Å². The summed E-state index contributed by atoms with van der Waals surface area (Å²) >= 11 is 5.88. The Morgan fingerprint density at radius 3 is 2.50 bits per heavy atom. The van der Waals surface area contributed by atoms with Crippen molar-refractivity contribution in [1.82, 2.24) is 5.32 Å². The van der Waals surface area contributed by atoms with Crippen molar-refractivity contribution >= 4 is 17.5 Å². The summed E-state index contributed by atoms with van der Waals surface area (Å²) in [7, 11) is 0. The van der Waals surface area contributed by atoms with Gasteiger partial charge >= 0.3 is 0 Å². The van der Waals surface area contributed by atoms with E-state index in [4.69, 9.17) is 16.3 Å². The van der Waals surface area contributed by atoms with Crippen LogP contribution in [-0.4, -0.2) is 12.0 Å². The van der Waals surface area contributed by atoms with E-state index < -0.39 is 6.10 Å². The van der Waals surface area contributed by atoms with E-state index in [0.29, 0.717) is 10.8 Å². The highest BCUT2D eigenvalue weighted by atomic mass is 35.5. The van der Waals surface area contributed by atoms with E-state index in [1.165, 1.54) is 36.0 Å². The van der Waals surface area contributed by atoms with Gasteiger partial charge in [0.1, 0.15) is 5.75 Å². The Labute approximate surface area is 160 Å². The predicted molar refractivity (Wildman–Crippen MR) is 106 cm³/mol. The number of fused-ring (bicyclic) bond motifs is 1. The quantitative estimate of drug-likeness (QED) is 0.752. The van der Waals surface area contributed by atoms with Crippen molar-refractivity contribution < 1.29 is 9.53 Å². The van der Waals surface area contributed by atoms with E-state index in [1.54, 1.807) is 31.2 Å². The fourth-order valence-electron chi connectivity index (χ4n) is 3.45. The van der Waals surface area contributed by atoms with Crippen molar-refractivity contribution in [3.63, 3.8) is 0 Å². The maximum atomic E-state index is 12.6. The number of hydrogen-bond donors (Lipinski definition) is 1. The number of amides is 1. The number of hydrogen-bond acceptors (Lipinski definition) is 2. The molecule has 2 atom stereocenters. The van der Waals surface area contributed by atoms with Gasteiger partial charge in [0.05, 0.1) is 6.04 Å². The molecule has 0 aromatic heterocycles. The highest BCUT2D eigenvalue weighted by molar-refractivity contribution is 6.30. The molecule has 0 bridgehead atoms. The molecular weight excluding hydrogens is 346 g/mol. The van der Waals surface area contributed by atoms with Crippen LogP contribution in [0, 0.1) is 0 Å². The minimum atomic E-state index is -0.567. The van der Waals surface area contributed by atoms with Crippen LogP contribution in [0.5, 0.6) is 5.75 Å². The summed E-state index contributed by atoms with van der Waals surface area (Å²) in [6.45, 7) is 3.86. The van der Waals surface area contributed by atoms with Crippen LogP contribution in [0.15, 0.2) is 42.5 Å². The fourth-order valence-corrected chi connectivity index (χ4v) is 3.58. The highest BCUT2D eigenvalue weighted by Crippen LogP contribution is 2.26. The molecule has 2 aromatic carbocycles. The SMILES string of the molecule is CC[C@@H](NC(=O)[C@H](C)Oc1ccc(Cl)cc1)c1ccc2c(c1)CCCC2. The topological polar surface area (TPSA) is 38.3 Å². The van der Waals surface area contributed by atoms with Crippen LogP contribution in [0.3, 0.4) is 0 Å². The monoisotopic (exact) mass is 371 g/mol. The Kier molecular flexibility index (Phi) is 6.20. The van der Waals surface area contributed by atoms with Gasteiger partial charge in [-0.05, 0) is 80.0 Å². The molecule has 0 heterocycles.